The van der Waals surface area contributed by atoms with Gasteiger partial charge in [-0.1, -0.05) is 23.9 Å². The number of amides is 1. The minimum absolute atomic E-state index is 0.0854. The summed E-state index contributed by atoms with van der Waals surface area (Å²) in [5, 5.41) is 11.8. The molecule has 0 spiro atoms. The maximum absolute atomic E-state index is 12.5. The van der Waals surface area contributed by atoms with Crippen LogP contribution in [0.4, 0.5) is 5.69 Å². The highest BCUT2D eigenvalue weighted by molar-refractivity contribution is 7.99. The van der Waals surface area contributed by atoms with Crippen molar-refractivity contribution in [3.8, 4) is 11.4 Å². The third kappa shape index (κ3) is 5.84. The molecule has 0 radical (unpaired) electrons. The zero-order chi connectivity index (χ0) is 21.5. The minimum atomic E-state index is -0.0854. The number of rotatable bonds is 8. The number of morpholine rings is 1. The van der Waals surface area contributed by atoms with Crippen LogP contribution in [0, 0.1) is 0 Å². The Kier molecular flexibility index (Phi) is 7.18. The SMILES string of the molecule is COc1ccc(-n2cnnc2SCC(=O)Nc2cccc(CN3CCOCC3)c2)cc1. The van der Waals surface area contributed by atoms with Crippen molar-refractivity contribution in [1.82, 2.24) is 19.7 Å². The van der Waals surface area contributed by atoms with Gasteiger partial charge in [-0.3, -0.25) is 14.3 Å². The Hall–Kier alpha value is -2.88. The number of ether oxygens (including phenoxy) is 2. The van der Waals surface area contributed by atoms with Gasteiger partial charge in [0.25, 0.3) is 0 Å². The molecule has 0 saturated carbocycles. The lowest BCUT2D eigenvalue weighted by Gasteiger charge is -2.26. The van der Waals surface area contributed by atoms with Crippen LogP contribution in [0.2, 0.25) is 0 Å². The van der Waals surface area contributed by atoms with E-state index < -0.39 is 0 Å². The average molecular weight is 440 g/mol. The van der Waals surface area contributed by atoms with Crippen molar-refractivity contribution in [1.29, 1.82) is 0 Å². The summed E-state index contributed by atoms with van der Waals surface area (Å²) in [4.78, 5) is 14.9. The largest absolute Gasteiger partial charge is 0.497 e. The molecule has 9 heteroatoms. The number of hydrogen-bond donors (Lipinski definition) is 1. The predicted molar refractivity (Wildman–Crippen MR) is 120 cm³/mol. The van der Waals surface area contributed by atoms with Gasteiger partial charge in [-0.05, 0) is 42.0 Å². The van der Waals surface area contributed by atoms with Crippen LogP contribution in [-0.4, -0.2) is 64.7 Å². The smallest absolute Gasteiger partial charge is 0.234 e. The van der Waals surface area contributed by atoms with E-state index in [4.69, 9.17) is 9.47 Å². The number of aromatic nitrogens is 3. The second-order valence-electron chi connectivity index (χ2n) is 7.11. The molecule has 162 valence electrons. The minimum Gasteiger partial charge on any atom is -0.497 e. The first-order chi connectivity index (χ1) is 15.2. The summed E-state index contributed by atoms with van der Waals surface area (Å²) in [5.41, 5.74) is 2.88. The molecule has 4 rings (SSSR count). The average Bonchev–Trinajstić information content (AvgIpc) is 3.27. The third-order valence-corrected chi connectivity index (χ3v) is 5.86. The monoisotopic (exact) mass is 439 g/mol. The Balaban J connectivity index is 1.33. The third-order valence-electron chi connectivity index (χ3n) is 4.92. The van der Waals surface area contributed by atoms with Gasteiger partial charge in [-0.25, -0.2) is 0 Å². The molecule has 1 aliphatic rings. The van der Waals surface area contributed by atoms with Gasteiger partial charge >= 0.3 is 0 Å². The van der Waals surface area contributed by atoms with Gasteiger partial charge < -0.3 is 14.8 Å². The predicted octanol–water partition coefficient (Wildman–Crippen LogP) is 2.84. The Morgan fingerprint density at radius 2 is 2.00 bits per heavy atom. The molecule has 1 aromatic heterocycles. The number of benzene rings is 2. The molecule has 0 aliphatic carbocycles. The fourth-order valence-electron chi connectivity index (χ4n) is 3.33. The van der Waals surface area contributed by atoms with Crippen molar-refractivity contribution < 1.29 is 14.3 Å². The summed E-state index contributed by atoms with van der Waals surface area (Å²) in [6, 6.07) is 15.6. The van der Waals surface area contributed by atoms with Crippen LogP contribution in [0.25, 0.3) is 5.69 Å². The highest BCUT2D eigenvalue weighted by Crippen LogP contribution is 2.22. The van der Waals surface area contributed by atoms with E-state index >= 15 is 0 Å². The van der Waals surface area contributed by atoms with Gasteiger partial charge in [-0.15, -0.1) is 10.2 Å². The fraction of sp³-hybridized carbons (Fsp3) is 0.318. The first-order valence-electron chi connectivity index (χ1n) is 10.1. The number of hydrogen-bond acceptors (Lipinski definition) is 7. The highest BCUT2D eigenvalue weighted by Gasteiger charge is 2.13. The van der Waals surface area contributed by atoms with Gasteiger partial charge in [0, 0.05) is 31.0 Å². The first-order valence-corrected chi connectivity index (χ1v) is 11.1. The van der Waals surface area contributed by atoms with Crippen molar-refractivity contribution in [2.75, 3.05) is 44.5 Å². The van der Waals surface area contributed by atoms with E-state index in [1.54, 1.807) is 13.4 Å². The lowest BCUT2D eigenvalue weighted by Crippen LogP contribution is -2.35. The Morgan fingerprint density at radius 1 is 1.19 bits per heavy atom. The topological polar surface area (TPSA) is 81.5 Å². The fourth-order valence-corrected chi connectivity index (χ4v) is 4.06. The van der Waals surface area contributed by atoms with E-state index in [1.807, 2.05) is 47.0 Å². The van der Waals surface area contributed by atoms with Crippen molar-refractivity contribution in [3.05, 3.63) is 60.4 Å². The summed E-state index contributed by atoms with van der Waals surface area (Å²) in [6.45, 7) is 4.26. The van der Waals surface area contributed by atoms with Crippen LogP contribution in [0.5, 0.6) is 5.75 Å². The van der Waals surface area contributed by atoms with Gasteiger partial charge in [0.05, 0.1) is 26.1 Å². The summed E-state index contributed by atoms with van der Waals surface area (Å²) >= 11 is 1.34. The number of nitrogens with zero attached hydrogens (tertiary/aromatic N) is 4. The molecule has 0 bridgehead atoms. The molecule has 2 aromatic carbocycles. The van der Waals surface area contributed by atoms with Gasteiger partial charge in [0.1, 0.15) is 12.1 Å². The van der Waals surface area contributed by atoms with E-state index in [9.17, 15) is 4.79 Å². The lowest BCUT2D eigenvalue weighted by atomic mass is 10.2. The molecular formula is C22H25N5O3S. The second-order valence-corrected chi connectivity index (χ2v) is 8.05. The summed E-state index contributed by atoms with van der Waals surface area (Å²) in [6.07, 6.45) is 1.64. The normalized spacial score (nSPS) is 14.4. The molecule has 8 nitrogen and oxygen atoms in total. The molecule has 1 fully saturated rings. The standard InChI is InChI=1S/C22H25N5O3S/c1-29-20-7-5-19(6-8-20)27-16-23-25-22(27)31-15-21(28)24-18-4-2-3-17(13-18)14-26-9-11-30-12-10-26/h2-8,13,16H,9-12,14-15H2,1H3,(H,24,28). The van der Waals surface area contributed by atoms with Crippen LogP contribution in [0.15, 0.2) is 60.0 Å². The van der Waals surface area contributed by atoms with Crippen molar-refractivity contribution >= 4 is 23.4 Å². The second kappa shape index (κ2) is 10.4. The number of carbonyl (C=O) groups excluding carboxylic acids is 1. The lowest BCUT2D eigenvalue weighted by molar-refractivity contribution is -0.113. The van der Waals surface area contributed by atoms with Crippen LogP contribution in [0.1, 0.15) is 5.56 Å². The summed E-state index contributed by atoms with van der Waals surface area (Å²) in [7, 11) is 1.63. The van der Waals surface area contributed by atoms with E-state index in [-0.39, 0.29) is 11.7 Å². The van der Waals surface area contributed by atoms with Crippen LogP contribution >= 0.6 is 11.8 Å². The zero-order valence-corrected chi connectivity index (χ0v) is 18.2. The molecule has 31 heavy (non-hydrogen) atoms. The van der Waals surface area contributed by atoms with Crippen molar-refractivity contribution in [2.45, 2.75) is 11.7 Å². The molecule has 1 amide bonds. The molecule has 1 saturated heterocycles. The number of carbonyl (C=O) groups is 1. The van der Waals surface area contributed by atoms with Crippen LogP contribution in [-0.2, 0) is 16.1 Å². The Bertz CT molecular complexity index is 1000. The number of anilines is 1. The number of thioether (sulfide) groups is 1. The number of methoxy groups -OCH3 is 1. The summed E-state index contributed by atoms with van der Waals surface area (Å²) in [5.74, 6) is 0.932. The van der Waals surface area contributed by atoms with Crippen LogP contribution < -0.4 is 10.1 Å². The highest BCUT2D eigenvalue weighted by atomic mass is 32.2. The van der Waals surface area contributed by atoms with E-state index in [2.05, 4.69) is 26.5 Å². The Labute approximate surface area is 185 Å². The van der Waals surface area contributed by atoms with Gasteiger partial charge in [-0.2, -0.15) is 0 Å². The molecule has 0 atom stereocenters. The van der Waals surface area contributed by atoms with Crippen LogP contribution in [0.3, 0.4) is 0 Å². The first kappa shape index (κ1) is 21.4. The molecule has 1 aliphatic heterocycles. The van der Waals surface area contributed by atoms with Gasteiger partial charge in [0.15, 0.2) is 5.16 Å². The van der Waals surface area contributed by atoms with Crippen molar-refractivity contribution in [3.63, 3.8) is 0 Å². The van der Waals surface area contributed by atoms with Gasteiger partial charge in [0.2, 0.25) is 5.91 Å². The quantitative estimate of drug-likeness (QED) is 0.541. The molecular weight excluding hydrogens is 414 g/mol. The summed E-state index contributed by atoms with van der Waals surface area (Å²) < 4.78 is 12.4. The molecule has 3 aromatic rings. The van der Waals surface area contributed by atoms with Crippen molar-refractivity contribution in [2.24, 2.45) is 0 Å². The van der Waals surface area contributed by atoms with E-state index in [0.717, 1.165) is 50.0 Å². The molecule has 0 unspecified atom stereocenters. The maximum atomic E-state index is 12.5. The Morgan fingerprint density at radius 3 is 2.77 bits per heavy atom. The molecule has 1 N–H and O–H groups in total. The zero-order valence-electron chi connectivity index (χ0n) is 17.4. The maximum Gasteiger partial charge on any atom is 0.234 e. The number of nitrogens with one attached hydrogen (secondary N) is 1. The molecule has 2 heterocycles. The van der Waals surface area contributed by atoms with E-state index in [1.165, 1.54) is 17.3 Å². The van der Waals surface area contributed by atoms with E-state index in [0.29, 0.717) is 5.16 Å².